The molecule has 0 unspecified atom stereocenters. The average molecular weight is 215 g/mol. The summed E-state index contributed by atoms with van der Waals surface area (Å²) in [5.41, 5.74) is 9.25. The summed E-state index contributed by atoms with van der Waals surface area (Å²) in [6, 6.07) is 8.65. The fourth-order valence-corrected chi connectivity index (χ4v) is 1.67. The van der Waals surface area contributed by atoms with Gasteiger partial charge in [-0.2, -0.15) is 5.10 Å². The van der Waals surface area contributed by atoms with E-state index in [-0.39, 0.29) is 0 Å². The van der Waals surface area contributed by atoms with Gasteiger partial charge in [-0.1, -0.05) is 31.2 Å². The van der Waals surface area contributed by atoms with Crippen molar-refractivity contribution in [2.75, 3.05) is 0 Å². The summed E-state index contributed by atoms with van der Waals surface area (Å²) >= 11 is 0. The van der Waals surface area contributed by atoms with Gasteiger partial charge in [-0.3, -0.25) is 4.68 Å². The van der Waals surface area contributed by atoms with Crippen LogP contribution < -0.4 is 5.73 Å². The molecule has 1 aromatic carbocycles. The summed E-state index contributed by atoms with van der Waals surface area (Å²) in [5.74, 6) is 0. The lowest BCUT2D eigenvalue weighted by Gasteiger charge is -2.03. The molecule has 2 rings (SSSR count). The van der Waals surface area contributed by atoms with Gasteiger partial charge < -0.3 is 5.73 Å². The molecular weight excluding hydrogens is 198 g/mol. The first-order chi connectivity index (χ1) is 7.81. The summed E-state index contributed by atoms with van der Waals surface area (Å²) in [6.07, 6.45) is 4.90. The van der Waals surface area contributed by atoms with Gasteiger partial charge in [-0.25, -0.2) is 0 Å². The van der Waals surface area contributed by atoms with Crippen LogP contribution in [0.15, 0.2) is 36.7 Å². The molecule has 2 aromatic rings. The molecule has 0 saturated carbocycles. The van der Waals surface area contributed by atoms with Crippen LogP contribution >= 0.6 is 0 Å². The molecule has 0 aliphatic carbocycles. The van der Waals surface area contributed by atoms with Crippen LogP contribution in [0.4, 0.5) is 0 Å². The second kappa shape index (κ2) is 4.94. The van der Waals surface area contributed by atoms with E-state index >= 15 is 0 Å². The lowest BCUT2D eigenvalue weighted by molar-refractivity contribution is 0.686. The van der Waals surface area contributed by atoms with Crippen LogP contribution in [0.1, 0.15) is 23.6 Å². The Bertz CT molecular complexity index is 442. The molecule has 1 heterocycles. The normalized spacial score (nSPS) is 10.6. The Labute approximate surface area is 95.9 Å². The van der Waals surface area contributed by atoms with Gasteiger partial charge >= 0.3 is 0 Å². The molecule has 3 heteroatoms. The zero-order valence-corrected chi connectivity index (χ0v) is 9.56. The van der Waals surface area contributed by atoms with Crippen LogP contribution in [-0.4, -0.2) is 9.78 Å². The van der Waals surface area contributed by atoms with Crippen LogP contribution in [0.2, 0.25) is 0 Å². The van der Waals surface area contributed by atoms with Gasteiger partial charge in [0.15, 0.2) is 0 Å². The Balaban J connectivity index is 2.08. The van der Waals surface area contributed by atoms with E-state index in [1.54, 1.807) is 0 Å². The fourth-order valence-electron chi connectivity index (χ4n) is 1.67. The van der Waals surface area contributed by atoms with E-state index in [1.165, 1.54) is 11.1 Å². The van der Waals surface area contributed by atoms with Crippen molar-refractivity contribution in [1.29, 1.82) is 0 Å². The molecule has 0 aliphatic rings. The number of aromatic nitrogens is 2. The topological polar surface area (TPSA) is 43.8 Å². The fraction of sp³-hybridized carbons (Fsp3) is 0.308. The van der Waals surface area contributed by atoms with Crippen molar-refractivity contribution in [3.63, 3.8) is 0 Å². The van der Waals surface area contributed by atoms with E-state index in [0.29, 0.717) is 6.54 Å². The molecule has 0 radical (unpaired) electrons. The van der Waals surface area contributed by atoms with Crippen LogP contribution in [0.3, 0.4) is 0 Å². The third kappa shape index (κ3) is 2.49. The lowest BCUT2D eigenvalue weighted by atomic mass is 10.1. The van der Waals surface area contributed by atoms with Gasteiger partial charge in [0.25, 0.3) is 0 Å². The number of aryl methyl sites for hydroxylation is 1. The maximum atomic E-state index is 5.54. The van der Waals surface area contributed by atoms with Crippen LogP contribution in [0.25, 0.3) is 0 Å². The highest BCUT2D eigenvalue weighted by Crippen LogP contribution is 2.07. The number of nitrogens with zero attached hydrogens (tertiary/aromatic N) is 2. The van der Waals surface area contributed by atoms with E-state index in [9.17, 15) is 0 Å². The number of benzene rings is 1. The van der Waals surface area contributed by atoms with E-state index in [4.69, 9.17) is 5.73 Å². The number of hydrogen-bond acceptors (Lipinski definition) is 2. The van der Waals surface area contributed by atoms with Gasteiger partial charge in [0.2, 0.25) is 0 Å². The molecule has 0 atom stereocenters. The molecule has 0 bridgehead atoms. The molecule has 84 valence electrons. The standard InChI is InChI=1S/C13H17N3/c1-2-11-3-5-12(6-4-11)9-16-10-13(7-14)8-15-16/h3-6,8,10H,2,7,9,14H2,1H3. The Morgan fingerprint density at radius 2 is 1.81 bits per heavy atom. The molecular formula is C13H17N3. The molecule has 3 nitrogen and oxygen atoms in total. The number of hydrogen-bond donors (Lipinski definition) is 1. The zero-order valence-electron chi connectivity index (χ0n) is 9.56. The molecule has 16 heavy (non-hydrogen) atoms. The summed E-state index contributed by atoms with van der Waals surface area (Å²) in [6.45, 7) is 3.52. The van der Waals surface area contributed by atoms with Crippen molar-refractivity contribution < 1.29 is 0 Å². The van der Waals surface area contributed by atoms with Gasteiger partial charge in [0, 0.05) is 18.3 Å². The molecule has 0 saturated heterocycles. The second-order valence-electron chi connectivity index (χ2n) is 3.92. The Hall–Kier alpha value is -1.61. The molecule has 2 N–H and O–H groups in total. The minimum atomic E-state index is 0.550. The SMILES string of the molecule is CCc1ccc(Cn2cc(CN)cn2)cc1. The van der Waals surface area contributed by atoms with Crippen molar-refractivity contribution in [1.82, 2.24) is 9.78 Å². The van der Waals surface area contributed by atoms with E-state index in [2.05, 4.69) is 36.3 Å². The molecule has 0 amide bonds. The smallest absolute Gasteiger partial charge is 0.0659 e. The van der Waals surface area contributed by atoms with Gasteiger partial charge in [0.05, 0.1) is 12.7 Å². The van der Waals surface area contributed by atoms with Gasteiger partial charge in [-0.15, -0.1) is 0 Å². The van der Waals surface area contributed by atoms with Crippen LogP contribution in [-0.2, 0) is 19.5 Å². The molecule has 0 fully saturated rings. The minimum Gasteiger partial charge on any atom is -0.326 e. The summed E-state index contributed by atoms with van der Waals surface area (Å²) in [7, 11) is 0. The molecule has 0 aliphatic heterocycles. The molecule has 0 spiro atoms. The monoisotopic (exact) mass is 215 g/mol. The third-order valence-corrected chi connectivity index (χ3v) is 2.70. The van der Waals surface area contributed by atoms with E-state index in [0.717, 1.165) is 18.5 Å². The van der Waals surface area contributed by atoms with E-state index < -0.39 is 0 Å². The summed E-state index contributed by atoms with van der Waals surface area (Å²) in [4.78, 5) is 0. The van der Waals surface area contributed by atoms with Crippen molar-refractivity contribution in [3.8, 4) is 0 Å². The highest BCUT2D eigenvalue weighted by atomic mass is 15.3. The van der Waals surface area contributed by atoms with Gasteiger partial charge in [0.1, 0.15) is 0 Å². The Kier molecular flexibility index (Phi) is 3.37. The van der Waals surface area contributed by atoms with Gasteiger partial charge in [-0.05, 0) is 17.5 Å². The van der Waals surface area contributed by atoms with Crippen molar-refractivity contribution in [3.05, 3.63) is 53.3 Å². The van der Waals surface area contributed by atoms with Crippen molar-refractivity contribution >= 4 is 0 Å². The maximum Gasteiger partial charge on any atom is 0.0659 e. The average Bonchev–Trinajstić information content (AvgIpc) is 2.78. The summed E-state index contributed by atoms with van der Waals surface area (Å²) < 4.78 is 1.92. The quantitative estimate of drug-likeness (QED) is 0.847. The first-order valence-corrected chi connectivity index (χ1v) is 5.61. The third-order valence-electron chi connectivity index (χ3n) is 2.70. The predicted molar refractivity (Wildman–Crippen MR) is 65.0 cm³/mol. The van der Waals surface area contributed by atoms with Crippen LogP contribution in [0.5, 0.6) is 0 Å². The molecule has 1 aromatic heterocycles. The largest absolute Gasteiger partial charge is 0.326 e. The second-order valence-corrected chi connectivity index (χ2v) is 3.92. The van der Waals surface area contributed by atoms with E-state index in [1.807, 2.05) is 17.1 Å². The Morgan fingerprint density at radius 1 is 1.12 bits per heavy atom. The number of nitrogens with two attached hydrogens (primary N) is 1. The lowest BCUT2D eigenvalue weighted by Crippen LogP contribution is -2.00. The first-order valence-electron chi connectivity index (χ1n) is 5.61. The number of rotatable bonds is 4. The van der Waals surface area contributed by atoms with Crippen LogP contribution in [0, 0.1) is 0 Å². The van der Waals surface area contributed by atoms with Crippen molar-refractivity contribution in [2.24, 2.45) is 5.73 Å². The first kappa shape index (κ1) is 10.9. The maximum absolute atomic E-state index is 5.54. The zero-order chi connectivity index (χ0) is 11.4. The van der Waals surface area contributed by atoms with Crippen molar-refractivity contribution in [2.45, 2.75) is 26.4 Å². The predicted octanol–water partition coefficient (Wildman–Crippen LogP) is 1.95. The highest BCUT2D eigenvalue weighted by Gasteiger charge is 1.98. The highest BCUT2D eigenvalue weighted by molar-refractivity contribution is 5.22. The Morgan fingerprint density at radius 3 is 2.38 bits per heavy atom. The minimum absolute atomic E-state index is 0.550. The summed E-state index contributed by atoms with van der Waals surface area (Å²) in [5, 5.41) is 4.26.